The molecule has 1 heterocycles. The molecular weight excluding hydrogens is 347 g/mol. The van der Waals surface area contributed by atoms with E-state index in [4.69, 9.17) is 9.47 Å². The normalized spacial score (nSPS) is 18.3. The lowest BCUT2D eigenvalue weighted by molar-refractivity contribution is 0.0133. The summed E-state index contributed by atoms with van der Waals surface area (Å²) in [4.78, 5) is 16.7. The van der Waals surface area contributed by atoms with Gasteiger partial charge in [0.1, 0.15) is 11.4 Å². The topological polar surface area (TPSA) is 42.0 Å². The molecule has 1 atom stereocenters. The number of hydrogen-bond acceptors (Lipinski definition) is 4. The highest BCUT2D eigenvalue weighted by atomic mass is 19.1. The first kappa shape index (κ1) is 21.6. The molecule has 0 N–H and O–H groups in total. The molecule has 1 fully saturated rings. The van der Waals surface area contributed by atoms with Crippen LogP contribution in [0.2, 0.25) is 0 Å². The van der Waals surface area contributed by atoms with E-state index in [2.05, 4.69) is 4.90 Å². The number of carbonyl (C=O) groups excluding carboxylic acids is 1. The minimum Gasteiger partial charge on any atom is -0.444 e. The molecule has 1 aromatic carbocycles. The second-order valence-corrected chi connectivity index (χ2v) is 8.29. The highest BCUT2D eigenvalue weighted by Crippen LogP contribution is 2.21. The summed E-state index contributed by atoms with van der Waals surface area (Å²) in [6, 6.07) is 6.69. The molecule has 6 heteroatoms. The van der Waals surface area contributed by atoms with E-state index in [1.807, 2.05) is 32.9 Å². The molecule has 5 nitrogen and oxygen atoms in total. The van der Waals surface area contributed by atoms with Gasteiger partial charge in [0.2, 0.25) is 0 Å². The summed E-state index contributed by atoms with van der Waals surface area (Å²) in [5, 5.41) is 0. The zero-order valence-corrected chi connectivity index (χ0v) is 17.0. The molecule has 152 valence electrons. The van der Waals surface area contributed by atoms with E-state index in [1.54, 1.807) is 12.0 Å². The maximum Gasteiger partial charge on any atom is 0.410 e. The van der Waals surface area contributed by atoms with Gasteiger partial charge in [-0.15, -0.1) is 0 Å². The third-order valence-electron chi connectivity index (χ3n) is 4.62. The van der Waals surface area contributed by atoms with E-state index in [9.17, 15) is 9.18 Å². The second kappa shape index (κ2) is 10.0. The SMILES string of the molecule is COCCN(CC1CCCN(Cc2ccc(F)cc2)C1)C(=O)OC(C)(C)C. The zero-order valence-electron chi connectivity index (χ0n) is 17.0. The Bertz CT molecular complexity index is 586. The van der Waals surface area contributed by atoms with E-state index < -0.39 is 5.60 Å². The predicted molar refractivity (Wildman–Crippen MR) is 104 cm³/mol. The monoisotopic (exact) mass is 380 g/mol. The van der Waals surface area contributed by atoms with Gasteiger partial charge < -0.3 is 14.4 Å². The van der Waals surface area contributed by atoms with E-state index in [0.717, 1.165) is 38.0 Å². The largest absolute Gasteiger partial charge is 0.444 e. The maximum atomic E-state index is 13.1. The Morgan fingerprint density at radius 3 is 2.63 bits per heavy atom. The molecule has 1 saturated heterocycles. The summed E-state index contributed by atoms with van der Waals surface area (Å²) in [6.07, 6.45) is 1.90. The van der Waals surface area contributed by atoms with Crippen LogP contribution in [0.1, 0.15) is 39.2 Å². The number of ether oxygens (including phenoxy) is 2. The van der Waals surface area contributed by atoms with Gasteiger partial charge in [-0.1, -0.05) is 12.1 Å². The quantitative estimate of drug-likeness (QED) is 0.719. The van der Waals surface area contributed by atoms with Crippen molar-refractivity contribution in [2.45, 2.75) is 45.8 Å². The number of likely N-dealkylation sites (tertiary alicyclic amines) is 1. The third kappa shape index (κ3) is 7.85. The van der Waals surface area contributed by atoms with E-state index >= 15 is 0 Å². The van der Waals surface area contributed by atoms with Crippen LogP contribution in [-0.2, 0) is 16.0 Å². The highest BCUT2D eigenvalue weighted by molar-refractivity contribution is 5.68. The molecular formula is C21H33FN2O3. The standard InChI is InChI=1S/C21H33FN2O3/c1-21(2,3)27-20(25)24(12-13-26-4)16-18-6-5-11-23(15-18)14-17-7-9-19(22)10-8-17/h7-10,18H,5-6,11-16H2,1-4H3. The van der Waals surface area contributed by atoms with E-state index in [0.29, 0.717) is 25.6 Å². The number of hydrogen-bond donors (Lipinski definition) is 0. The molecule has 1 aliphatic heterocycles. The molecule has 0 aliphatic carbocycles. The lowest BCUT2D eigenvalue weighted by atomic mass is 9.97. The average molecular weight is 381 g/mol. The molecule has 0 aromatic heterocycles. The fraction of sp³-hybridized carbons (Fsp3) is 0.667. The summed E-state index contributed by atoms with van der Waals surface area (Å²) >= 11 is 0. The van der Waals surface area contributed by atoms with Crippen LogP contribution < -0.4 is 0 Å². The Balaban J connectivity index is 1.93. The first-order valence-corrected chi connectivity index (χ1v) is 9.70. The summed E-state index contributed by atoms with van der Waals surface area (Å²) in [6.45, 7) is 10.1. The Kier molecular flexibility index (Phi) is 8.05. The van der Waals surface area contributed by atoms with Crippen molar-refractivity contribution < 1.29 is 18.7 Å². The number of nitrogens with zero attached hydrogens (tertiary/aromatic N) is 2. The van der Waals surface area contributed by atoms with Gasteiger partial charge in [-0.2, -0.15) is 0 Å². The molecule has 1 unspecified atom stereocenters. The Labute approximate surface area is 162 Å². The lowest BCUT2D eigenvalue weighted by Crippen LogP contribution is -2.45. The predicted octanol–water partition coefficient (Wildman–Crippen LogP) is 3.92. The summed E-state index contributed by atoms with van der Waals surface area (Å²) in [5.74, 6) is 0.185. The number of amides is 1. The van der Waals surface area contributed by atoms with Crippen LogP contribution in [0.3, 0.4) is 0 Å². The van der Waals surface area contributed by atoms with Crippen LogP contribution in [0.25, 0.3) is 0 Å². The third-order valence-corrected chi connectivity index (χ3v) is 4.62. The molecule has 0 bridgehead atoms. The minimum atomic E-state index is -0.510. The van der Waals surface area contributed by atoms with Gasteiger partial charge in [0.25, 0.3) is 0 Å². The van der Waals surface area contributed by atoms with Crippen molar-refractivity contribution in [2.24, 2.45) is 5.92 Å². The fourth-order valence-corrected chi connectivity index (χ4v) is 3.39. The number of methoxy groups -OCH3 is 1. The van der Waals surface area contributed by atoms with Gasteiger partial charge in [0, 0.05) is 33.3 Å². The Morgan fingerprint density at radius 1 is 1.30 bits per heavy atom. The number of piperidine rings is 1. The van der Waals surface area contributed by atoms with Crippen molar-refractivity contribution in [3.8, 4) is 0 Å². The minimum absolute atomic E-state index is 0.207. The summed E-state index contributed by atoms with van der Waals surface area (Å²) < 4.78 is 23.8. The van der Waals surface area contributed by atoms with Crippen LogP contribution in [0.5, 0.6) is 0 Å². The van der Waals surface area contributed by atoms with Gasteiger partial charge in [0.05, 0.1) is 6.61 Å². The first-order chi connectivity index (χ1) is 12.8. The molecule has 1 aliphatic rings. The van der Waals surface area contributed by atoms with Crippen molar-refractivity contribution in [2.75, 3.05) is 39.9 Å². The van der Waals surface area contributed by atoms with Gasteiger partial charge in [-0.3, -0.25) is 4.90 Å². The lowest BCUT2D eigenvalue weighted by Gasteiger charge is -2.36. The molecule has 0 radical (unpaired) electrons. The molecule has 2 rings (SSSR count). The molecule has 0 saturated carbocycles. The number of rotatable bonds is 7. The van der Waals surface area contributed by atoms with Crippen LogP contribution in [0.4, 0.5) is 9.18 Å². The van der Waals surface area contributed by atoms with Crippen LogP contribution in [0, 0.1) is 11.7 Å². The number of benzene rings is 1. The van der Waals surface area contributed by atoms with Crippen molar-refractivity contribution in [3.63, 3.8) is 0 Å². The van der Waals surface area contributed by atoms with E-state index in [-0.39, 0.29) is 11.9 Å². The maximum absolute atomic E-state index is 13.1. The van der Waals surface area contributed by atoms with Crippen molar-refractivity contribution in [1.82, 2.24) is 9.80 Å². The van der Waals surface area contributed by atoms with Crippen LogP contribution in [0.15, 0.2) is 24.3 Å². The number of halogens is 1. The molecule has 1 amide bonds. The number of carbonyl (C=O) groups is 1. The van der Waals surface area contributed by atoms with Gasteiger partial charge in [-0.25, -0.2) is 9.18 Å². The van der Waals surface area contributed by atoms with Crippen LogP contribution in [-0.4, -0.2) is 61.4 Å². The van der Waals surface area contributed by atoms with Gasteiger partial charge in [-0.05, 0) is 63.8 Å². The van der Waals surface area contributed by atoms with Crippen molar-refractivity contribution in [3.05, 3.63) is 35.6 Å². The van der Waals surface area contributed by atoms with Gasteiger partial charge in [0.15, 0.2) is 0 Å². The summed E-state index contributed by atoms with van der Waals surface area (Å²) in [5.41, 5.74) is 0.601. The van der Waals surface area contributed by atoms with Gasteiger partial charge >= 0.3 is 6.09 Å². The molecule has 1 aromatic rings. The second-order valence-electron chi connectivity index (χ2n) is 8.29. The van der Waals surface area contributed by atoms with Crippen LogP contribution >= 0.6 is 0 Å². The average Bonchev–Trinajstić information content (AvgIpc) is 2.59. The first-order valence-electron chi connectivity index (χ1n) is 9.70. The summed E-state index contributed by atoms with van der Waals surface area (Å²) in [7, 11) is 1.64. The fourth-order valence-electron chi connectivity index (χ4n) is 3.39. The molecule has 0 spiro atoms. The Morgan fingerprint density at radius 2 is 2.00 bits per heavy atom. The highest BCUT2D eigenvalue weighted by Gasteiger charge is 2.27. The van der Waals surface area contributed by atoms with Crippen molar-refractivity contribution >= 4 is 6.09 Å². The van der Waals surface area contributed by atoms with E-state index in [1.165, 1.54) is 12.1 Å². The zero-order chi connectivity index (χ0) is 19.9. The van der Waals surface area contributed by atoms with Crippen molar-refractivity contribution in [1.29, 1.82) is 0 Å². The Hall–Kier alpha value is -1.66. The molecule has 27 heavy (non-hydrogen) atoms. The smallest absolute Gasteiger partial charge is 0.410 e.